The lowest BCUT2D eigenvalue weighted by Gasteiger charge is -2.19. The average molecular weight is 269 g/mol. The molecule has 0 saturated heterocycles. The van der Waals surface area contributed by atoms with Gasteiger partial charge in [0.05, 0.1) is 10.9 Å². The summed E-state index contributed by atoms with van der Waals surface area (Å²) in [5, 5.41) is 3.06. The molecular weight excluding hydrogens is 250 g/mol. The average Bonchev–Trinajstić information content (AvgIpc) is 2.74. The number of nitrogens with one attached hydrogen (secondary N) is 1. The molecule has 1 aromatic heterocycles. The minimum Gasteiger partial charge on any atom is -0.307 e. The standard InChI is InChI=1S/C12H19N3O2S/c1-9-13-7-6-10(15-9)8-14-11-4-3-5-12(11)18(2,16)17/h6-7,11-12,14H,3-5,8H2,1-2H3. The van der Waals surface area contributed by atoms with Crippen molar-refractivity contribution in [1.82, 2.24) is 15.3 Å². The lowest BCUT2D eigenvalue weighted by atomic mass is 10.2. The van der Waals surface area contributed by atoms with Crippen LogP contribution >= 0.6 is 0 Å². The minimum atomic E-state index is -2.96. The van der Waals surface area contributed by atoms with Gasteiger partial charge in [-0.1, -0.05) is 6.42 Å². The molecule has 2 rings (SSSR count). The van der Waals surface area contributed by atoms with Crippen LogP contribution in [0.15, 0.2) is 12.3 Å². The zero-order chi connectivity index (χ0) is 13.2. The Labute approximate surface area is 108 Å². The molecule has 0 radical (unpaired) electrons. The molecule has 1 aliphatic rings. The number of hydrogen-bond acceptors (Lipinski definition) is 5. The van der Waals surface area contributed by atoms with Gasteiger partial charge in [-0.3, -0.25) is 0 Å². The Morgan fingerprint density at radius 3 is 2.89 bits per heavy atom. The van der Waals surface area contributed by atoms with Gasteiger partial charge in [0.1, 0.15) is 5.82 Å². The molecular formula is C12H19N3O2S. The molecule has 1 aliphatic carbocycles. The van der Waals surface area contributed by atoms with Gasteiger partial charge >= 0.3 is 0 Å². The van der Waals surface area contributed by atoms with Gasteiger partial charge < -0.3 is 5.32 Å². The third kappa shape index (κ3) is 3.26. The fraction of sp³-hybridized carbons (Fsp3) is 0.667. The van der Waals surface area contributed by atoms with Gasteiger partial charge in [0, 0.05) is 25.0 Å². The number of aromatic nitrogens is 2. The molecule has 1 N–H and O–H groups in total. The summed E-state index contributed by atoms with van der Waals surface area (Å²) >= 11 is 0. The highest BCUT2D eigenvalue weighted by atomic mass is 32.2. The molecule has 0 aromatic carbocycles. The number of aryl methyl sites for hydroxylation is 1. The van der Waals surface area contributed by atoms with Gasteiger partial charge in [0.25, 0.3) is 0 Å². The van der Waals surface area contributed by atoms with E-state index < -0.39 is 9.84 Å². The summed E-state index contributed by atoms with van der Waals surface area (Å²) in [5.74, 6) is 0.736. The summed E-state index contributed by atoms with van der Waals surface area (Å²) in [6, 6.07) is 1.90. The van der Waals surface area contributed by atoms with Crippen LogP contribution in [0.5, 0.6) is 0 Å². The van der Waals surface area contributed by atoms with Crippen LogP contribution in [0.2, 0.25) is 0 Å². The number of hydrogen-bond donors (Lipinski definition) is 1. The van der Waals surface area contributed by atoms with Crippen molar-refractivity contribution in [3.63, 3.8) is 0 Å². The highest BCUT2D eigenvalue weighted by Crippen LogP contribution is 2.25. The van der Waals surface area contributed by atoms with E-state index in [9.17, 15) is 8.42 Å². The first-order valence-electron chi connectivity index (χ1n) is 6.17. The largest absolute Gasteiger partial charge is 0.307 e. The third-order valence-corrected chi connectivity index (χ3v) is 5.05. The van der Waals surface area contributed by atoms with Crippen LogP contribution in [0, 0.1) is 6.92 Å². The van der Waals surface area contributed by atoms with Crippen molar-refractivity contribution in [3.05, 3.63) is 23.8 Å². The number of nitrogens with zero attached hydrogens (tertiary/aromatic N) is 2. The SMILES string of the molecule is Cc1nccc(CNC2CCCC2S(C)(=O)=O)n1. The summed E-state index contributed by atoms with van der Waals surface area (Å²) in [4.78, 5) is 8.34. The van der Waals surface area contributed by atoms with E-state index in [1.807, 2.05) is 13.0 Å². The molecule has 2 unspecified atom stereocenters. The Morgan fingerprint density at radius 2 is 2.22 bits per heavy atom. The van der Waals surface area contributed by atoms with Gasteiger partial charge in [-0.25, -0.2) is 18.4 Å². The van der Waals surface area contributed by atoms with Crippen molar-refractivity contribution in [2.75, 3.05) is 6.26 Å². The molecule has 1 fully saturated rings. The summed E-state index contributed by atoms with van der Waals surface area (Å²) in [7, 11) is -2.96. The third-order valence-electron chi connectivity index (χ3n) is 3.38. The van der Waals surface area contributed by atoms with Crippen LogP contribution in [0.4, 0.5) is 0 Å². The molecule has 0 spiro atoms. The van der Waals surface area contributed by atoms with E-state index in [4.69, 9.17) is 0 Å². The van der Waals surface area contributed by atoms with Crippen LogP contribution in [-0.2, 0) is 16.4 Å². The van der Waals surface area contributed by atoms with Crippen molar-refractivity contribution < 1.29 is 8.42 Å². The van der Waals surface area contributed by atoms with Gasteiger partial charge in [-0.15, -0.1) is 0 Å². The monoisotopic (exact) mass is 269 g/mol. The topological polar surface area (TPSA) is 72.0 Å². The van der Waals surface area contributed by atoms with E-state index >= 15 is 0 Å². The zero-order valence-corrected chi connectivity index (χ0v) is 11.6. The van der Waals surface area contributed by atoms with E-state index in [1.54, 1.807) is 6.20 Å². The van der Waals surface area contributed by atoms with Gasteiger partial charge in [-0.2, -0.15) is 0 Å². The minimum absolute atomic E-state index is 0.0512. The first-order chi connectivity index (χ1) is 8.47. The Morgan fingerprint density at radius 1 is 1.44 bits per heavy atom. The molecule has 0 amide bonds. The van der Waals surface area contributed by atoms with Crippen LogP contribution in [0.1, 0.15) is 30.8 Å². The van der Waals surface area contributed by atoms with E-state index in [-0.39, 0.29) is 11.3 Å². The van der Waals surface area contributed by atoms with E-state index in [0.29, 0.717) is 6.54 Å². The highest BCUT2D eigenvalue weighted by molar-refractivity contribution is 7.91. The van der Waals surface area contributed by atoms with Crippen LogP contribution in [0.25, 0.3) is 0 Å². The highest BCUT2D eigenvalue weighted by Gasteiger charge is 2.34. The maximum absolute atomic E-state index is 11.6. The van der Waals surface area contributed by atoms with Crippen molar-refractivity contribution in [1.29, 1.82) is 0 Å². The lowest BCUT2D eigenvalue weighted by molar-refractivity contribution is 0.503. The van der Waals surface area contributed by atoms with Crippen LogP contribution in [0.3, 0.4) is 0 Å². The predicted molar refractivity (Wildman–Crippen MR) is 69.9 cm³/mol. The van der Waals surface area contributed by atoms with E-state index in [2.05, 4.69) is 15.3 Å². The number of rotatable bonds is 4. The molecule has 100 valence electrons. The van der Waals surface area contributed by atoms with E-state index in [1.165, 1.54) is 6.26 Å². The second kappa shape index (κ2) is 5.32. The molecule has 1 aromatic rings. The summed E-state index contributed by atoms with van der Waals surface area (Å²) in [5.41, 5.74) is 0.904. The molecule has 1 saturated carbocycles. The van der Waals surface area contributed by atoms with Crippen molar-refractivity contribution in [2.45, 2.75) is 44.0 Å². The predicted octanol–water partition coefficient (Wildman–Crippen LogP) is 0.840. The fourth-order valence-electron chi connectivity index (χ4n) is 2.51. The molecule has 5 nitrogen and oxygen atoms in total. The van der Waals surface area contributed by atoms with Crippen LogP contribution in [-0.4, -0.2) is 35.9 Å². The molecule has 1 heterocycles. The van der Waals surface area contributed by atoms with Crippen molar-refractivity contribution in [3.8, 4) is 0 Å². The van der Waals surface area contributed by atoms with Crippen molar-refractivity contribution in [2.24, 2.45) is 0 Å². The smallest absolute Gasteiger partial charge is 0.151 e. The summed E-state index contributed by atoms with van der Waals surface area (Å²) in [6.45, 7) is 2.44. The fourth-order valence-corrected chi connectivity index (χ4v) is 3.94. The summed E-state index contributed by atoms with van der Waals surface area (Å²) < 4.78 is 23.3. The first-order valence-corrected chi connectivity index (χ1v) is 8.13. The Balaban J connectivity index is 1.98. The summed E-state index contributed by atoms with van der Waals surface area (Å²) in [6.07, 6.45) is 5.70. The Hall–Kier alpha value is -1.01. The quantitative estimate of drug-likeness (QED) is 0.877. The van der Waals surface area contributed by atoms with E-state index in [0.717, 1.165) is 30.8 Å². The van der Waals surface area contributed by atoms with Crippen molar-refractivity contribution >= 4 is 9.84 Å². The molecule has 6 heteroatoms. The zero-order valence-electron chi connectivity index (χ0n) is 10.8. The lowest BCUT2D eigenvalue weighted by Crippen LogP contribution is -2.39. The first kappa shape index (κ1) is 13.4. The molecule has 0 bridgehead atoms. The van der Waals surface area contributed by atoms with Gasteiger partial charge in [-0.05, 0) is 25.8 Å². The van der Waals surface area contributed by atoms with Gasteiger partial charge in [0.15, 0.2) is 9.84 Å². The maximum Gasteiger partial charge on any atom is 0.151 e. The Bertz CT molecular complexity index is 516. The Kier molecular flexibility index (Phi) is 3.97. The normalized spacial score (nSPS) is 24.3. The second-order valence-electron chi connectivity index (χ2n) is 4.88. The van der Waals surface area contributed by atoms with Crippen LogP contribution < -0.4 is 5.32 Å². The maximum atomic E-state index is 11.6. The van der Waals surface area contributed by atoms with Gasteiger partial charge in [0.2, 0.25) is 0 Å². The molecule has 0 aliphatic heterocycles. The molecule has 2 atom stereocenters. The molecule has 18 heavy (non-hydrogen) atoms. The number of sulfone groups is 1. The second-order valence-corrected chi connectivity index (χ2v) is 7.15.